The minimum absolute atomic E-state index is 0.179. The van der Waals surface area contributed by atoms with Crippen LogP contribution in [0, 0.1) is 6.92 Å². The average molecular weight is 639 g/mol. The van der Waals surface area contributed by atoms with Crippen LogP contribution in [0.25, 0.3) is 0 Å². The summed E-state index contributed by atoms with van der Waals surface area (Å²) < 4.78 is 5.66. The molecule has 3 N–H and O–H groups in total. The first-order valence-corrected chi connectivity index (χ1v) is 16.3. The Hall–Kier alpha value is -4.54. The summed E-state index contributed by atoms with van der Waals surface area (Å²) >= 11 is 0. The number of benzene rings is 2. The van der Waals surface area contributed by atoms with E-state index in [9.17, 15) is 14.7 Å². The summed E-state index contributed by atoms with van der Waals surface area (Å²) in [5, 5.41) is 17.8. The van der Waals surface area contributed by atoms with Gasteiger partial charge >= 0.3 is 0 Å². The number of amides is 2. The molecule has 248 valence electrons. The second-order valence-corrected chi connectivity index (χ2v) is 12.9. The summed E-state index contributed by atoms with van der Waals surface area (Å²) in [6, 6.07) is 16.3. The molecular weight excluding hydrogens is 592 g/mol. The molecule has 1 unspecified atom stereocenters. The van der Waals surface area contributed by atoms with Crippen LogP contribution in [-0.2, 0) is 13.0 Å². The largest absolute Gasteiger partial charge is 0.446 e. The summed E-state index contributed by atoms with van der Waals surface area (Å²) in [5.74, 6) is 0.361. The van der Waals surface area contributed by atoms with E-state index in [1.54, 1.807) is 29.4 Å². The SMILES string of the molecule is Cc1coc(C2CCCN2C(=O)c2cc(C(=O)N[C@@H](Cc3ccccc3)[C@H](O)CNCc3cncc(C(C)C)c3)cc(N(C)C)c2)n1. The quantitative estimate of drug-likeness (QED) is 0.186. The monoisotopic (exact) mass is 638 g/mol. The maximum Gasteiger partial charge on any atom is 0.254 e. The summed E-state index contributed by atoms with van der Waals surface area (Å²) in [6.07, 6.45) is 6.45. The standard InChI is InChI=1S/C37H46N6O4/c1-24(2)30-14-27(19-38-21-30)20-39-22-34(44)32(15-26-10-7-6-8-11-26)41-35(45)28-16-29(18-31(17-28)42(4)5)37(46)43-13-9-12-33(43)36-40-25(3)23-47-36/h6-8,10-11,14,16-19,21,23-24,32-34,39,44H,9,12-13,15,20,22H2,1-5H3,(H,41,45)/t32-,33?,34+/m0/s1. The van der Waals surface area contributed by atoms with Crippen LogP contribution < -0.4 is 15.5 Å². The number of carbonyl (C=O) groups excluding carboxylic acids is 2. The van der Waals surface area contributed by atoms with E-state index in [1.807, 2.05) is 68.6 Å². The lowest BCUT2D eigenvalue weighted by atomic mass is 9.99. The van der Waals surface area contributed by atoms with E-state index in [-0.39, 0.29) is 24.4 Å². The highest BCUT2D eigenvalue weighted by Gasteiger charge is 2.34. The van der Waals surface area contributed by atoms with Crippen LogP contribution >= 0.6 is 0 Å². The molecule has 2 aromatic heterocycles. The van der Waals surface area contributed by atoms with Crippen molar-refractivity contribution in [2.75, 3.05) is 32.1 Å². The van der Waals surface area contributed by atoms with Crippen LogP contribution in [0.1, 0.15) is 87.6 Å². The number of pyridine rings is 1. The molecule has 3 atom stereocenters. The second kappa shape index (κ2) is 15.4. The Kier molecular flexibility index (Phi) is 11.1. The third kappa shape index (κ3) is 8.64. The first-order chi connectivity index (χ1) is 22.6. The number of aromatic nitrogens is 2. The van der Waals surface area contributed by atoms with Crippen molar-refractivity contribution in [1.82, 2.24) is 25.5 Å². The maximum atomic E-state index is 13.9. The van der Waals surface area contributed by atoms with Gasteiger partial charge in [0.1, 0.15) is 12.3 Å². The predicted octanol–water partition coefficient (Wildman–Crippen LogP) is 5.04. The minimum Gasteiger partial charge on any atom is -0.446 e. The first-order valence-electron chi connectivity index (χ1n) is 16.3. The van der Waals surface area contributed by atoms with E-state index in [0.717, 1.165) is 40.9 Å². The van der Waals surface area contributed by atoms with Crippen LogP contribution in [0.5, 0.6) is 0 Å². The van der Waals surface area contributed by atoms with Gasteiger partial charge in [0, 0.05) is 62.9 Å². The molecule has 4 aromatic rings. The lowest BCUT2D eigenvalue weighted by molar-refractivity contribution is 0.0715. The van der Waals surface area contributed by atoms with Gasteiger partial charge in [-0.2, -0.15) is 0 Å². The molecule has 0 bridgehead atoms. The number of nitrogens with zero attached hydrogens (tertiary/aromatic N) is 4. The summed E-state index contributed by atoms with van der Waals surface area (Å²) in [7, 11) is 3.75. The van der Waals surface area contributed by atoms with Crippen molar-refractivity contribution in [2.24, 2.45) is 0 Å². The fourth-order valence-corrected chi connectivity index (χ4v) is 5.91. The molecule has 10 nitrogen and oxygen atoms in total. The van der Waals surface area contributed by atoms with E-state index in [1.165, 1.54) is 0 Å². The van der Waals surface area contributed by atoms with Gasteiger partial charge in [-0.1, -0.05) is 50.2 Å². The normalized spacial score (nSPS) is 15.9. The van der Waals surface area contributed by atoms with E-state index in [4.69, 9.17) is 4.42 Å². The van der Waals surface area contributed by atoms with Gasteiger partial charge in [0.15, 0.2) is 0 Å². The van der Waals surface area contributed by atoms with E-state index < -0.39 is 12.1 Å². The van der Waals surface area contributed by atoms with Crippen molar-refractivity contribution < 1.29 is 19.1 Å². The van der Waals surface area contributed by atoms with Gasteiger partial charge in [-0.15, -0.1) is 0 Å². The Morgan fingerprint density at radius 3 is 2.53 bits per heavy atom. The van der Waals surface area contributed by atoms with Crippen LogP contribution in [0.15, 0.2) is 77.7 Å². The molecule has 0 aliphatic carbocycles. The molecule has 0 radical (unpaired) electrons. The molecule has 1 saturated heterocycles. The second-order valence-electron chi connectivity index (χ2n) is 12.9. The van der Waals surface area contributed by atoms with Gasteiger partial charge in [-0.05, 0) is 67.0 Å². The van der Waals surface area contributed by atoms with Crippen molar-refractivity contribution in [3.8, 4) is 0 Å². The Balaban J connectivity index is 1.34. The fourth-order valence-electron chi connectivity index (χ4n) is 5.91. The smallest absolute Gasteiger partial charge is 0.254 e. The number of nitrogens with one attached hydrogen (secondary N) is 2. The number of aryl methyl sites for hydroxylation is 1. The number of aliphatic hydroxyl groups excluding tert-OH is 1. The van der Waals surface area contributed by atoms with Crippen molar-refractivity contribution in [2.45, 2.75) is 70.7 Å². The molecule has 1 aliphatic rings. The highest BCUT2D eigenvalue weighted by atomic mass is 16.3. The lowest BCUT2D eigenvalue weighted by Crippen LogP contribution is -2.48. The van der Waals surface area contributed by atoms with Crippen molar-refractivity contribution in [1.29, 1.82) is 0 Å². The Morgan fingerprint density at radius 2 is 1.83 bits per heavy atom. The van der Waals surface area contributed by atoms with Crippen LogP contribution in [-0.4, -0.2) is 71.1 Å². The number of rotatable bonds is 13. The number of carbonyl (C=O) groups is 2. The Bertz CT molecular complexity index is 1650. The van der Waals surface area contributed by atoms with Crippen LogP contribution in [0.4, 0.5) is 5.69 Å². The maximum absolute atomic E-state index is 13.9. The molecule has 1 fully saturated rings. The number of aliphatic hydroxyl groups is 1. The predicted molar refractivity (Wildman–Crippen MR) is 182 cm³/mol. The number of hydrogen-bond acceptors (Lipinski definition) is 8. The molecular formula is C37H46N6O4. The molecule has 0 saturated carbocycles. The van der Waals surface area contributed by atoms with Crippen molar-refractivity contribution >= 4 is 17.5 Å². The first kappa shape index (κ1) is 33.8. The molecule has 2 amide bonds. The Labute approximate surface area is 277 Å². The molecule has 47 heavy (non-hydrogen) atoms. The van der Waals surface area contributed by atoms with E-state index in [0.29, 0.717) is 42.4 Å². The average Bonchev–Trinajstić information content (AvgIpc) is 3.73. The summed E-state index contributed by atoms with van der Waals surface area (Å²) in [4.78, 5) is 40.3. The highest BCUT2D eigenvalue weighted by Crippen LogP contribution is 2.33. The Morgan fingerprint density at radius 1 is 1.06 bits per heavy atom. The molecule has 10 heteroatoms. The van der Waals surface area contributed by atoms with Gasteiger partial charge in [-0.25, -0.2) is 4.98 Å². The van der Waals surface area contributed by atoms with Gasteiger partial charge in [0.2, 0.25) is 5.89 Å². The third-order valence-electron chi connectivity index (χ3n) is 8.62. The zero-order valence-corrected chi connectivity index (χ0v) is 27.9. The van der Waals surface area contributed by atoms with Gasteiger partial charge in [-0.3, -0.25) is 14.6 Å². The zero-order chi connectivity index (χ0) is 33.5. The number of anilines is 1. The molecule has 5 rings (SSSR count). The minimum atomic E-state index is -0.881. The van der Waals surface area contributed by atoms with Crippen molar-refractivity contribution in [3.05, 3.63) is 113 Å². The highest BCUT2D eigenvalue weighted by molar-refractivity contribution is 6.01. The van der Waals surface area contributed by atoms with Crippen LogP contribution in [0.3, 0.4) is 0 Å². The van der Waals surface area contributed by atoms with Gasteiger partial charge in [0.05, 0.1) is 17.8 Å². The van der Waals surface area contributed by atoms with Crippen LogP contribution in [0.2, 0.25) is 0 Å². The fraction of sp³-hybridized carbons (Fsp3) is 0.405. The zero-order valence-electron chi connectivity index (χ0n) is 27.9. The summed E-state index contributed by atoms with van der Waals surface area (Å²) in [6.45, 7) is 7.50. The van der Waals surface area contributed by atoms with Gasteiger partial charge < -0.3 is 30.0 Å². The number of likely N-dealkylation sites (tertiary alicyclic amines) is 1. The lowest BCUT2D eigenvalue weighted by Gasteiger charge is -2.26. The van der Waals surface area contributed by atoms with Crippen molar-refractivity contribution in [3.63, 3.8) is 0 Å². The third-order valence-corrected chi connectivity index (χ3v) is 8.62. The topological polar surface area (TPSA) is 124 Å². The summed E-state index contributed by atoms with van der Waals surface area (Å²) in [5.41, 5.74) is 5.43. The van der Waals surface area contributed by atoms with Gasteiger partial charge in [0.25, 0.3) is 11.8 Å². The molecule has 0 spiro atoms. The van der Waals surface area contributed by atoms with E-state index in [2.05, 4.69) is 40.5 Å². The molecule has 3 heterocycles. The van der Waals surface area contributed by atoms with E-state index >= 15 is 0 Å². The number of oxazole rings is 1. The molecule has 2 aromatic carbocycles. The number of hydrogen-bond donors (Lipinski definition) is 3. The molecule has 1 aliphatic heterocycles.